The molecule has 0 spiro atoms. The maximum atomic E-state index is 12.5. The van der Waals surface area contributed by atoms with Gasteiger partial charge in [-0.05, 0) is 29.8 Å². The topological polar surface area (TPSA) is 50.1 Å². The third kappa shape index (κ3) is 3.18. The molecule has 0 saturated carbocycles. The van der Waals surface area contributed by atoms with Crippen LogP contribution in [-0.4, -0.2) is 12.9 Å². The highest BCUT2D eigenvalue weighted by Gasteiger charge is 2.24. The molecule has 0 fully saturated rings. The molecule has 1 unspecified atom stereocenters. The zero-order chi connectivity index (χ0) is 15.4. The number of ketones is 1. The fourth-order valence-corrected chi connectivity index (χ4v) is 2.35. The third-order valence-electron chi connectivity index (χ3n) is 3.04. The molecule has 0 aliphatic rings. The van der Waals surface area contributed by atoms with Crippen molar-refractivity contribution in [2.45, 2.75) is 5.92 Å². The van der Waals surface area contributed by atoms with Gasteiger partial charge in [-0.25, -0.2) is 0 Å². The summed E-state index contributed by atoms with van der Waals surface area (Å²) in [6, 6.07) is 13.6. The lowest BCUT2D eigenvalue weighted by molar-refractivity contribution is 0.0979. The summed E-state index contributed by atoms with van der Waals surface area (Å²) >= 11 is 12.0. The molecule has 0 amide bonds. The van der Waals surface area contributed by atoms with Gasteiger partial charge >= 0.3 is 0 Å². The lowest BCUT2D eigenvalue weighted by Gasteiger charge is -2.11. The number of nitrogens with zero attached hydrogens (tertiary/aromatic N) is 1. The molecule has 0 radical (unpaired) electrons. The average molecular weight is 320 g/mol. The summed E-state index contributed by atoms with van der Waals surface area (Å²) in [5.74, 6) is -0.771. The molecule has 0 aromatic heterocycles. The van der Waals surface area contributed by atoms with Crippen molar-refractivity contribution in [1.29, 1.82) is 5.26 Å². The average Bonchev–Trinajstić information content (AvgIpc) is 2.51. The van der Waals surface area contributed by atoms with Gasteiger partial charge in [-0.3, -0.25) is 4.79 Å². The maximum absolute atomic E-state index is 12.5. The van der Waals surface area contributed by atoms with Gasteiger partial charge in [0.2, 0.25) is 0 Å². The number of hydrogen-bond donors (Lipinski definition) is 0. The molecule has 3 nitrogen and oxygen atoms in total. The second-order valence-corrected chi connectivity index (χ2v) is 5.09. The van der Waals surface area contributed by atoms with Gasteiger partial charge in [0.15, 0.2) is 5.78 Å². The van der Waals surface area contributed by atoms with E-state index in [4.69, 9.17) is 27.9 Å². The Morgan fingerprint density at radius 1 is 1.24 bits per heavy atom. The standard InChI is InChI=1S/C16H11Cl2NO2/c1-21-11-5-2-4-10(8-11)13(9-19)16(20)12-6-3-7-14(17)15(12)18/h2-8,13H,1H3. The predicted octanol–water partition coefficient (Wildman–Crippen LogP) is 4.49. The summed E-state index contributed by atoms with van der Waals surface area (Å²) in [6.45, 7) is 0. The molecule has 0 N–H and O–H groups in total. The lowest BCUT2D eigenvalue weighted by Crippen LogP contribution is -2.12. The number of ether oxygens (including phenoxy) is 1. The Labute approximate surface area is 132 Å². The summed E-state index contributed by atoms with van der Waals surface area (Å²) < 4.78 is 5.11. The fourth-order valence-electron chi connectivity index (χ4n) is 1.96. The third-order valence-corrected chi connectivity index (χ3v) is 3.85. The van der Waals surface area contributed by atoms with Gasteiger partial charge in [0, 0.05) is 5.56 Å². The molecule has 2 aromatic rings. The Balaban J connectivity index is 2.44. The van der Waals surface area contributed by atoms with E-state index in [1.807, 2.05) is 6.07 Å². The minimum Gasteiger partial charge on any atom is -0.497 e. The van der Waals surface area contributed by atoms with Gasteiger partial charge in [0.1, 0.15) is 11.7 Å². The van der Waals surface area contributed by atoms with Crippen LogP contribution in [0.3, 0.4) is 0 Å². The number of nitriles is 1. The summed E-state index contributed by atoms with van der Waals surface area (Å²) in [6.07, 6.45) is 0. The van der Waals surface area contributed by atoms with E-state index in [2.05, 4.69) is 0 Å². The van der Waals surface area contributed by atoms with Crippen molar-refractivity contribution in [2.24, 2.45) is 0 Å². The number of carbonyl (C=O) groups excluding carboxylic acids is 1. The van der Waals surface area contributed by atoms with E-state index in [9.17, 15) is 10.1 Å². The van der Waals surface area contributed by atoms with E-state index in [-0.39, 0.29) is 15.6 Å². The number of benzene rings is 2. The molecule has 2 aromatic carbocycles. The zero-order valence-electron chi connectivity index (χ0n) is 11.1. The highest BCUT2D eigenvalue weighted by atomic mass is 35.5. The predicted molar refractivity (Wildman–Crippen MR) is 82.1 cm³/mol. The van der Waals surface area contributed by atoms with Gasteiger partial charge < -0.3 is 4.74 Å². The number of Topliss-reactive ketones (excluding diaryl/α,β-unsaturated/α-hetero) is 1. The molecule has 1 atom stereocenters. The van der Waals surface area contributed by atoms with Crippen molar-refractivity contribution in [3.05, 3.63) is 63.6 Å². The van der Waals surface area contributed by atoms with Crippen LogP contribution in [0.2, 0.25) is 10.0 Å². The molecule has 106 valence electrons. The molecule has 0 aliphatic carbocycles. The molecule has 0 saturated heterocycles. The van der Waals surface area contributed by atoms with Crippen LogP contribution in [0.5, 0.6) is 5.75 Å². The molecule has 5 heteroatoms. The summed E-state index contributed by atoms with van der Waals surface area (Å²) in [5, 5.41) is 9.79. The Kier molecular flexibility index (Phi) is 4.85. The van der Waals surface area contributed by atoms with Crippen molar-refractivity contribution in [3.8, 4) is 11.8 Å². The minimum atomic E-state index is -0.962. The van der Waals surface area contributed by atoms with Crippen molar-refractivity contribution in [2.75, 3.05) is 7.11 Å². The number of halogens is 2. The van der Waals surface area contributed by atoms with Crippen LogP contribution in [0.1, 0.15) is 21.8 Å². The van der Waals surface area contributed by atoms with Gasteiger partial charge in [0.05, 0.1) is 23.2 Å². The molecule has 0 aliphatic heterocycles. The van der Waals surface area contributed by atoms with Crippen LogP contribution in [-0.2, 0) is 0 Å². The molecule has 0 heterocycles. The first-order valence-electron chi connectivity index (χ1n) is 6.10. The van der Waals surface area contributed by atoms with Crippen LogP contribution in [0, 0.1) is 11.3 Å². The second kappa shape index (κ2) is 6.62. The number of carbonyl (C=O) groups is 1. The molecule has 2 rings (SSSR count). The van der Waals surface area contributed by atoms with E-state index in [1.54, 1.807) is 42.5 Å². The van der Waals surface area contributed by atoms with E-state index >= 15 is 0 Å². The van der Waals surface area contributed by atoms with Gasteiger partial charge in [0.25, 0.3) is 0 Å². The Morgan fingerprint density at radius 2 is 1.95 bits per heavy atom. The van der Waals surface area contributed by atoms with E-state index in [1.165, 1.54) is 7.11 Å². The van der Waals surface area contributed by atoms with Crippen molar-refractivity contribution >= 4 is 29.0 Å². The first-order chi connectivity index (χ1) is 10.1. The van der Waals surface area contributed by atoms with Gasteiger partial charge in [-0.15, -0.1) is 0 Å². The number of hydrogen-bond acceptors (Lipinski definition) is 3. The Morgan fingerprint density at radius 3 is 2.62 bits per heavy atom. The molecular weight excluding hydrogens is 309 g/mol. The molecule has 0 bridgehead atoms. The number of rotatable bonds is 4. The zero-order valence-corrected chi connectivity index (χ0v) is 12.7. The molecule has 21 heavy (non-hydrogen) atoms. The Bertz CT molecular complexity index is 722. The monoisotopic (exact) mass is 319 g/mol. The SMILES string of the molecule is COc1cccc(C(C#N)C(=O)c2cccc(Cl)c2Cl)c1. The maximum Gasteiger partial charge on any atom is 0.186 e. The van der Waals surface area contributed by atoms with E-state index in [0.717, 1.165) is 0 Å². The number of methoxy groups -OCH3 is 1. The smallest absolute Gasteiger partial charge is 0.186 e. The summed E-state index contributed by atoms with van der Waals surface area (Å²) in [5.41, 5.74) is 0.788. The van der Waals surface area contributed by atoms with Crippen molar-refractivity contribution in [3.63, 3.8) is 0 Å². The molecular formula is C16H11Cl2NO2. The largest absolute Gasteiger partial charge is 0.497 e. The summed E-state index contributed by atoms with van der Waals surface area (Å²) in [4.78, 5) is 12.5. The van der Waals surface area contributed by atoms with E-state index < -0.39 is 11.7 Å². The van der Waals surface area contributed by atoms with Crippen LogP contribution in [0.4, 0.5) is 0 Å². The lowest BCUT2D eigenvalue weighted by atomic mass is 9.91. The van der Waals surface area contributed by atoms with Gasteiger partial charge in [-0.2, -0.15) is 5.26 Å². The quantitative estimate of drug-likeness (QED) is 0.780. The van der Waals surface area contributed by atoms with Crippen LogP contribution >= 0.6 is 23.2 Å². The first kappa shape index (κ1) is 15.4. The fraction of sp³-hybridized carbons (Fsp3) is 0.125. The normalized spacial score (nSPS) is 11.5. The van der Waals surface area contributed by atoms with Crippen molar-refractivity contribution < 1.29 is 9.53 Å². The Hall–Kier alpha value is -2.02. The van der Waals surface area contributed by atoms with Crippen molar-refractivity contribution in [1.82, 2.24) is 0 Å². The van der Waals surface area contributed by atoms with E-state index in [0.29, 0.717) is 11.3 Å². The highest BCUT2D eigenvalue weighted by Crippen LogP contribution is 2.30. The van der Waals surface area contributed by atoms with Crippen LogP contribution < -0.4 is 4.74 Å². The van der Waals surface area contributed by atoms with Gasteiger partial charge in [-0.1, -0.05) is 41.4 Å². The first-order valence-corrected chi connectivity index (χ1v) is 6.86. The van der Waals surface area contributed by atoms with Crippen LogP contribution in [0.15, 0.2) is 42.5 Å². The summed E-state index contributed by atoms with van der Waals surface area (Å²) in [7, 11) is 1.52. The second-order valence-electron chi connectivity index (χ2n) is 4.30. The van der Waals surface area contributed by atoms with Crippen LogP contribution in [0.25, 0.3) is 0 Å². The minimum absolute atomic E-state index is 0.160. The highest BCUT2D eigenvalue weighted by molar-refractivity contribution is 6.44.